The number of piperazine rings is 1. The fraction of sp³-hybridized carbons (Fsp3) is 0.421. The lowest BCUT2D eigenvalue weighted by Gasteiger charge is -2.36. The number of hydrogen-bond acceptors (Lipinski definition) is 5. The summed E-state index contributed by atoms with van der Waals surface area (Å²) < 4.78 is 13.9. The first kappa shape index (κ1) is 19.4. The molecule has 6 nitrogen and oxygen atoms in total. The van der Waals surface area contributed by atoms with Crippen LogP contribution in [0.2, 0.25) is 0 Å². The molecule has 8 heteroatoms. The molecule has 1 aromatic heterocycles. The van der Waals surface area contributed by atoms with Gasteiger partial charge in [0.2, 0.25) is 5.91 Å². The summed E-state index contributed by atoms with van der Waals surface area (Å²) in [6, 6.07) is 6.69. The topological polar surface area (TPSA) is 69.3 Å². The zero-order chi connectivity index (χ0) is 19.4. The number of thioether (sulfide) groups is 1. The summed E-state index contributed by atoms with van der Waals surface area (Å²) in [6.07, 6.45) is 0.676. The number of aryl methyl sites for hydroxylation is 1. The molecule has 0 saturated carbocycles. The number of carbonyl (C=O) groups excluding carboxylic acids is 1. The molecular weight excluding hydrogens is 367 g/mol. The Hall–Kier alpha value is -2.35. The van der Waals surface area contributed by atoms with Gasteiger partial charge in [-0.2, -0.15) is 0 Å². The second-order valence-electron chi connectivity index (χ2n) is 6.40. The second kappa shape index (κ2) is 8.56. The third-order valence-electron chi connectivity index (χ3n) is 4.72. The maximum absolute atomic E-state index is 13.9. The summed E-state index contributed by atoms with van der Waals surface area (Å²) in [5.74, 6) is -0.0297. The van der Waals surface area contributed by atoms with Crippen LogP contribution in [0.4, 0.5) is 10.1 Å². The number of aromatic amines is 1. The number of carbonyl (C=O) groups is 1. The van der Waals surface area contributed by atoms with E-state index in [4.69, 9.17) is 0 Å². The molecule has 27 heavy (non-hydrogen) atoms. The van der Waals surface area contributed by atoms with Gasteiger partial charge in [-0.05, 0) is 25.5 Å². The van der Waals surface area contributed by atoms with E-state index in [1.54, 1.807) is 24.0 Å². The molecule has 2 aromatic rings. The Morgan fingerprint density at radius 2 is 1.96 bits per heavy atom. The lowest BCUT2D eigenvalue weighted by atomic mass is 10.2. The number of nitrogens with one attached hydrogen (secondary N) is 1. The van der Waals surface area contributed by atoms with Crippen LogP contribution in [0, 0.1) is 12.7 Å². The molecule has 0 bridgehead atoms. The Bertz CT molecular complexity index is 878. The third-order valence-corrected chi connectivity index (χ3v) is 5.58. The van der Waals surface area contributed by atoms with Crippen LogP contribution in [-0.2, 0) is 11.2 Å². The van der Waals surface area contributed by atoms with Crippen molar-refractivity contribution in [3.05, 3.63) is 51.7 Å². The van der Waals surface area contributed by atoms with Gasteiger partial charge in [0.05, 0.1) is 17.1 Å². The van der Waals surface area contributed by atoms with Gasteiger partial charge < -0.3 is 14.8 Å². The maximum atomic E-state index is 13.9. The van der Waals surface area contributed by atoms with Gasteiger partial charge >= 0.3 is 0 Å². The van der Waals surface area contributed by atoms with E-state index in [9.17, 15) is 14.0 Å². The zero-order valence-corrected chi connectivity index (χ0v) is 16.3. The molecule has 1 fully saturated rings. The average Bonchev–Trinajstić information content (AvgIpc) is 2.69. The lowest BCUT2D eigenvalue weighted by molar-refractivity contribution is -0.128. The van der Waals surface area contributed by atoms with E-state index in [1.165, 1.54) is 17.8 Å². The number of rotatable bonds is 5. The molecule has 144 valence electrons. The number of hydrogen-bond donors (Lipinski definition) is 1. The molecule has 0 spiro atoms. The molecule has 1 amide bonds. The molecule has 1 saturated heterocycles. The maximum Gasteiger partial charge on any atom is 0.254 e. The minimum atomic E-state index is -0.242. The smallest absolute Gasteiger partial charge is 0.254 e. The molecule has 0 atom stereocenters. The molecule has 1 aliphatic heterocycles. The number of amides is 1. The highest BCUT2D eigenvalue weighted by atomic mass is 32.2. The van der Waals surface area contributed by atoms with E-state index in [2.05, 4.69) is 9.97 Å². The molecule has 1 aromatic carbocycles. The van der Waals surface area contributed by atoms with Crippen LogP contribution in [0.3, 0.4) is 0 Å². The van der Waals surface area contributed by atoms with Gasteiger partial charge in [0.15, 0.2) is 5.16 Å². The largest absolute Gasteiger partial charge is 0.366 e. The zero-order valence-electron chi connectivity index (χ0n) is 15.5. The van der Waals surface area contributed by atoms with Crippen molar-refractivity contribution in [1.82, 2.24) is 14.9 Å². The molecular formula is C19H23FN4O2S. The monoisotopic (exact) mass is 390 g/mol. The fourth-order valence-electron chi connectivity index (χ4n) is 3.10. The first-order chi connectivity index (χ1) is 13.0. The van der Waals surface area contributed by atoms with E-state index in [0.717, 1.165) is 5.69 Å². The van der Waals surface area contributed by atoms with E-state index in [0.29, 0.717) is 49.0 Å². The molecule has 1 aliphatic rings. The highest BCUT2D eigenvalue weighted by Crippen LogP contribution is 2.21. The number of H-pyrrole nitrogens is 1. The Labute approximate surface area is 161 Å². The Kier molecular flexibility index (Phi) is 6.15. The van der Waals surface area contributed by atoms with Crippen LogP contribution < -0.4 is 10.5 Å². The number of halogens is 1. The molecule has 0 aliphatic carbocycles. The SMILES string of the molecule is CCc1nc(SCC(=O)N2CCN(c3ccccc3F)CC2)[nH]c(=O)c1C. The normalized spacial score (nSPS) is 14.5. The van der Waals surface area contributed by atoms with Crippen molar-refractivity contribution in [2.45, 2.75) is 25.4 Å². The summed E-state index contributed by atoms with van der Waals surface area (Å²) in [4.78, 5) is 35.3. The highest BCUT2D eigenvalue weighted by molar-refractivity contribution is 7.99. The minimum Gasteiger partial charge on any atom is -0.366 e. The molecule has 2 heterocycles. The van der Waals surface area contributed by atoms with Gasteiger partial charge in [-0.1, -0.05) is 30.8 Å². The van der Waals surface area contributed by atoms with Gasteiger partial charge in [0, 0.05) is 31.7 Å². The van der Waals surface area contributed by atoms with Crippen LogP contribution in [-0.4, -0.2) is 52.7 Å². The van der Waals surface area contributed by atoms with Crippen molar-refractivity contribution in [1.29, 1.82) is 0 Å². The summed E-state index contributed by atoms with van der Waals surface area (Å²) in [7, 11) is 0. The third kappa shape index (κ3) is 4.50. The standard InChI is InChI=1S/C19H23FN4O2S/c1-3-15-13(2)18(26)22-19(21-15)27-12-17(25)24-10-8-23(9-11-24)16-7-5-4-6-14(16)20/h4-7H,3,8-12H2,1-2H3,(H,21,22,26). The Morgan fingerprint density at radius 1 is 1.26 bits per heavy atom. The number of para-hydroxylation sites is 1. The van der Waals surface area contributed by atoms with Crippen LogP contribution in [0.15, 0.2) is 34.2 Å². The first-order valence-corrected chi connectivity index (χ1v) is 9.98. The van der Waals surface area contributed by atoms with Gasteiger partial charge in [-0.15, -0.1) is 0 Å². The number of nitrogens with zero attached hydrogens (tertiary/aromatic N) is 3. The van der Waals surface area contributed by atoms with Crippen molar-refractivity contribution < 1.29 is 9.18 Å². The predicted octanol–water partition coefficient (Wildman–Crippen LogP) is 2.22. The number of benzene rings is 1. The van der Waals surface area contributed by atoms with Gasteiger partial charge in [-0.3, -0.25) is 9.59 Å². The predicted molar refractivity (Wildman–Crippen MR) is 105 cm³/mol. The summed E-state index contributed by atoms with van der Waals surface area (Å²) in [5, 5.41) is 0.473. The molecule has 1 N–H and O–H groups in total. The van der Waals surface area contributed by atoms with Crippen molar-refractivity contribution in [3.63, 3.8) is 0 Å². The van der Waals surface area contributed by atoms with Crippen molar-refractivity contribution in [2.24, 2.45) is 0 Å². The van der Waals surface area contributed by atoms with E-state index in [-0.39, 0.29) is 23.0 Å². The number of aromatic nitrogens is 2. The lowest BCUT2D eigenvalue weighted by Crippen LogP contribution is -2.49. The van der Waals surface area contributed by atoms with Gasteiger partial charge in [0.25, 0.3) is 5.56 Å². The summed E-state index contributed by atoms with van der Waals surface area (Å²) in [6.45, 7) is 5.98. The van der Waals surface area contributed by atoms with Crippen LogP contribution >= 0.6 is 11.8 Å². The molecule has 0 radical (unpaired) electrons. The van der Waals surface area contributed by atoms with Crippen LogP contribution in [0.5, 0.6) is 0 Å². The van der Waals surface area contributed by atoms with Crippen molar-refractivity contribution in [2.75, 3.05) is 36.8 Å². The van der Waals surface area contributed by atoms with Crippen molar-refractivity contribution in [3.8, 4) is 0 Å². The number of anilines is 1. The van der Waals surface area contributed by atoms with Gasteiger partial charge in [-0.25, -0.2) is 9.37 Å². The Balaban J connectivity index is 1.55. The quantitative estimate of drug-likeness (QED) is 0.626. The van der Waals surface area contributed by atoms with Crippen molar-refractivity contribution >= 4 is 23.4 Å². The van der Waals surface area contributed by atoms with E-state index >= 15 is 0 Å². The van der Waals surface area contributed by atoms with E-state index < -0.39 is 0 Å². The average molecular weight is 390 g/mol. The first-order valence-electron chi connectivity index (χ1n) is 8.99. The highest BCUT2D eigenvalue weighted by Gasteiger charge is 2.23. The Morgan fingerprint density at radius 3 is 2.63 bits per heavy atom. The molecule has 3 rings (SSSR count). The minimum absolute atomic E-state index is 0.00513. The van der Waals surface area contributed by atoms with E-state index in [1.807, 2.05) is 17.9 Å². The van der Waals surface area contributed by atoms with Gasteiger partial charge in [0.1, 0.15) is 5.82 Å². The summed E-state index contributed by atoms with van der Waals surface area (Å²) >= 11 is 1.24. The summed E-state index contributed by atoms with van der Waals surface area (Å²) in [5.41, 5.74) is 1.80. The van der Waals surface area contributed by atoms with Crippen LogP contribution in [0.25, 0.3) is 0 Å². The van der Waals surface area contributed by atoms with Crippen LogP contribution in [0.1, 0.15) is 18.2 Å². The fourth-order valence-corrected chi connectivity index (χ4v) is 3.88. The molecule has 0 unspecified atom stereocenters. The second-order valence-corrected chi connectivity index (χ2v) is 7.37.